The summed E-state index contributed by atoms with van der Waals surface area (Å²) >= 11 is 0. The quantitative estimate of drug-likeness (QED) is 0.163. The number of H-pyrrole nitrogens is 3. The second kappa shape index (κ2) is 14.3. The van der Waals surface area contributed by atoms with Gasteiger partial charge in [-0.15, -0.1) is 0 Å². The van der Waals surface area contributed by atoms with Crippen LogP contribution in [0.5, 0.6) is 0 Å². The highest BCUT2D eigenvalue weighted by Crippen LogP contribution is 2.40. The number of aromatic nitrogens is 5. The van der Waals surface area contributed by atoms with Gasteiger partial charge in [-0.25, -0.2) is 9.97 Å². The van der Waals surface area contributed by atoms with E-state index < -0.39 is 0 Å². The number of nitrogens with zero attached hydrogens (tertiary/aromatic N) is 3. The summed E-state index contributed by atoms with van der Waals surface area (Å²) in [6.45, 7) is 13.1. The monoisotopic (exact) mass is 764 g/mol. The molecule has 4 aromatic heterocycles. The van der Waals surface area contributed by atoms with Crippen LogP contribution in [0.4, 0.5) is 0 Å². The third kappa shape index (κ3) is 6.43. The Hall–Kier alpha value is -7.31. The van der Waals surface area contributed by atoms with Crippen molar-refractivity contribution in [2.75, 3.05) is 0 Å². The number of hydrogen-bond donors (Lipinski definition) is 3. The fourth-order valence-corrected chi connectivity index (χ4v) is 9.30. The molecule has 7 heterocycles. The molecule has 8 bridgehead atoms. The van der Waals surface area contributed by atoms with Crippen molar-refractivity contribution in [3.05, 3.63) is 182 Å². The Morgan fingerprint density at radius 3 is 1.69 bits per heavy atom. The Bertz CT molecular complexity index is 3080. The van der Waals surface area contributed by atoms with Gasteiger partial charge in [0.05, 0.1) is 28.5 Å². The van der Waals surface area contributed by atoms with Gasteiger partial charge in [0.25, 0.3) is 0 Å². The van der Waals surface area contributed by atoms with E-state index in [9.17, 15) is 0 Å². The van der Waals surface area contributed by atoms with Crippen molar-refractivity contribution < 1.29 is 0 Å². The number of nitrogens with one attached hydrogen (secondary N) is 3. The van der Waals surface area contributed by atoms with Crippen LogP contribution >= 0.6 is 0 Å². The molecule has 0 spiro atoms. The van der Waals surface area contributed by atoms with Crippen LogP contribution in [0.2, 0.25) is 0 Å². The first-order chi connectivity index (χ1) is 28.7. The lowest BCUT2D eigenvalue weighted by Gasteiger charge is -2.13. The van der Waals surface area contributed by atoms with E-state index in [1.807, 2.05) is 24.6 Å². The van der Waals surface area contributed by atoms with E-state index in [2.05, 4.69) is 177 Å². The molecular formula is C53H44N6. The first-order valence-corrected chi connectivity index (χ1v) is 20.2. The second-order valence-electron chi connectivity index (χ2n) is 16.0. The van der Waals surface area contributed by atoms with Crippen molar-refractivity contribution in [1.29, 1.82) is 0 Å². The minimum Gasteiger partial charge on any atom is -0.361 e. The van der Waals surface area contributed by atoms with Gasteiger partial charge in [0.1, 0.15) is 0 Å². The van der Waals surface area contributed by atoms with Gasteiger partial charge < -0.3 is 15.0 Å². The molecule has 59 heavy (non-hydrogen) atoms. The Morgan fingerprint density at radius 2 is 1.08 bits per heavy atom. The summed E-state index contributed by atoms with van der Waals surface area (Å²) in [5, 5.41) is 0. The average molecular weight is 765 g/mol. The zero-order valence-corrected chi connectivity index (χ0v) is 34.1. The first-order valence-electron chi connectivity index (χ1n) is 20.2. The van der Waals surface area contributed by atoms with Gasteiger partial charge in [0, 0.05) is 62.4 Å². The molecule has 0 aliphatic carbocycles. The van der Waals surface area contributed by atoms with Gasteiger partial charge in [0.2, 0.25) is 0 Å². The summed E-state index contributed by atoms with van der Waals surface area (Å²) in [5.74, 6) is 0. The Morgan fingerprint density at radius 1 is 0.508 bits per heavy atom. The molecule has 0 saturated heterocycles. The average Bonchev–Trinajstić information content (AvgIpc) is 4.06. The van der Waals surface area contributed by atoms with Crippen LogP contribution in [0, 0.1) is 41.5 Å². The van der Waals surface area contributed by atoms with Crippen molar-refractivity contribution in [2.45, 2.75) is 41.5 Å². The highest BCUT2D eigenvalue weighted by Gasteiger charge is 2.21. The smallest absolute Gasteiger partial charge is 0.0737 e. The summed E-state index contributed by atoms with van der Waals surface area (Å²) in [7, 11) is 0. The molecule has 0 unspecified atom stereocenters. The molecular weight excluding hydrogens is 721 g/mol. The summed E-state index contributed by atoms with van der Waals surface area (Å²) < 4.78 is 0. The Kier molecular flexibility index (Phi) is 8.71. The van der Waals surface area contributed by atoms with Crippen LogP contribution in [-0.4, -0.2) is 31.1 Å². The topological polar surface area (TPSA) is 85.5 Å². The van der Waals surface area contributed by atoms with Crippen molar-refractivity contribution in [1.82, 2.24) is 24.9 Å². The zero-order valence-electron chi connectivity index (χ0n) is 34.1. The second-order valence-corrected chi connectivity index (χ2v) is 16.0. The van der Waals surface area contributed by atoms with Crippen LogP contribution in [0.25, 0.3) is 85.3 Å². The van der Waals surface area contributed by atoms with E-state index in [1.165, 1.54) is 44.5 Å². The number of aryl methyl sites for hydroxylation is 6. The molecule has 6 nitrogen and oxygen atoms in total. The van der Waals surface area contributed by atoms with E-state index in [0.717, 1.165) is 89.6 Å². The molecule has 0 fully saturated rings. The van der Waals surface area contributed by atoms with E-state index in [4.69, 9.17) is 9.97 Å². The summed E-state index contributed by atoms with van der Waals surface area (Å²) in [5.41, 5.74) is 25.6. The Labute approximate surface area is 344 Å². The molecule has 3 aliphatic heterocycles. The number of fused-ring (bicyclic) bond motifs is 8. The maximum atomic E-state index is 5.53. The summed E-state index contributed by atoms with van der Waals surface area (Å²) in [6.07, 6.45) is 16.4. The lowest BCUT2D eigenvalue weighted by molar-refractivity contribution is 1.28. The number of benzene rings is 3. The number of aromatic amines is 3. The van der Waals surface area contributed by atoms with Gasteiger partial charge in [-0.05, 0) is 165 Å². The van der Waals surface area contributed by atoms with Crippen molar-refractivity contribution >= 4 is 58.2 Å². The lowest BCUT2D eigenvalue weighted by Crippen LogP contribution is -1.94. The van der Waals surface area contributed by atoms with Crippen LogP contribution in [0.3, 0.4) is 0 Å². The van der Waals surface area contributed by atoms with E-state index >= 15 is 0 Å². The van der Waals surface area contributed by atoms with Gasteiger partial charge in [-0.2, -0.15) is 0 Å². The van der Waals surface area contributed by atoms with Gasteiger partial charge >= 0.3 is 0 Å². The molecule has 286 valence electrons. The molecule has 0 radical (unpaired) electrons. The summed E-state index contributed by atoms with van der Waals surface area (Å²) in [6, 6.07) is 32.8. The van der Waals surface area contributed by atoms with Crippen LogP contribution in [0.1, 0.15) is 67.4 Å². The van der Waals surface area contributed by atoms with Crippen LogP contribution in [0.15, 0.2) is 120 Å². The fourth-order valence-electron chi connectivity index (χ4n) is 9.30. The van der Waals surface area contributed by atoms with E-state index in [-0.39, 0.29) is 0 Å². The predicted molar refractivity (Wildman–Crippen MR) is 248 cm³/mol. The maximum Gasteiger partial charge on any atom is 0.0737 e. The molecule has 10 rings (SSSR count). The summed E-state index contributed by atoms with van der Waals surface area (Å²) in [4.78, 5) is 26.6. The fraction of sp³-hybridized carbons (Fsp3) is 0.113. The van der Waals surface area contributed by atoms with E-state index in [0.29, 0.717) is 0 Å². The Balaban J connectivity index is 1.30. The molecule has 0 atom stereocenters. The van der Waals surface area contributed by atoms with Gasteiger partial charge in [-0.3, -0.25) is 4.99 Å². The minimum absolute atomic E-state index is 0.885. The normalized spacial score (nSPS) is 13.9. The number of rotatable bonds is 5. The molecule has 3 aliphatic rings. The highest BCUT2D eigenvalue weighted by atomic mass is 14.8. The lowest BCUT2D eigenvalue weighted by atomic mass is 9.92. The molecule has 0 amide bonds. The molecule has 3 aromatic carbocycles. The standard InChI is InChI=1S/C53H44N6/c1-30-25-32(3)48(33(4)26-30)52-44-17-15-38(56-44)29-39-16-18-45(57-39)53(49-34(5)27-31(2)28-35(49)6)47-22-20-43(59-47)51(42-19-21-46(52)58-42)37-13-11-36(12-14-37)50(40-9-7-23-54-40)41-10-8-24-55-41/h7-29,54,56,59H,1-6H3/b38-29?,39-29?,50-41-,51-42?,51-43?,52-44?,52-46?,53-45?,53-47?. The number of allylic oxidation sites excluding steroid dienone is 2. The maximum absolute atomic E-state index is 5.53. The predicted octanol–water partition coefficient (Wildman–Crippen LogP) is 13.2. The van der Waals surface area contributed by atoms with Crippen LogP contribution in [-0.2, 0) is 0 Å². The zero-order chi connectivity index (χ0) is 40.4. The van der Waals surface area contributed by atoms with Crippen molar-refractivity contribution in [3.8, 4) is 33.4 Å². The number of hydrogen-bond acceptors (Lipinski definition) is 3. The molecule has 7 aromatic rings. The highest BCUT2D eigenvalue weighted by molar-refractivity contribution is 5.99. The largest absolute Gasteiger partial charge is 0.361 e. The van der Waals surface area contributed by atoms with Crippen molar-refractivity contribution in [3.63, 3.8) is 0 Å². The minimum atomic E-state index is 0.885. The SMILES string of the molecule is Cc1cc(C)c(-c2c3nc(c(-c4ccc(/C(=C5\C=CC=N5)c5ccc[nH]5)cc4)c4ccc([nH]4)c(-c4c(C)cc(C)cc4C)c4nc(cc5ccc2[nH]5)C=C4)C=C3)c(C)c1. The third-order valence-corrected chi connectivity index (χ3v) is 11.6. The molecule has 0 saturated carbocycles. The van der Waals surface area contributed by atoms with Gasteiger partial charge in [0.15, 0.2) is 0 Å². The third-order valence-electron chi connectivity index (χ3n) is 11.6. The first kappa shape index (κ1) is 36.1. The van der Waals surface area contributed by atoms with Gasteiger partial charge in [-0.1, -0.05) is 59.7 Å². The van der Waals surface area contributed by atoms with Crippen molar-refractivity contribution in [2.24, 2.45) is 4.99 Å². The van der Waals surface area contributed by atoms with Crippen LogP contribution < -0.4 is 0 Å². The molecule has 6 heteroatoms. The number of aliphatic imine (C=N–C) groups is 1. The van der Waals surface area contributed by atoms with E-state index in [1.54, 1.807) is 0 Å². The molecule has 3 N–H and O–H groups in total.